The van der Waals surface area contributed by atoms with Gasteiger partial charge in [-0.2, -0.15) is 0 Å². The van der Waals surface area contributed by atoms with E-state index in [1.54, 1.807) is 13.2 Å². The predicted octanol–water partition coefficient (Wildman–Crippen LogP) is 4.20. The van der Waals surface area contributed by atoms with Crippen LogP contribution in [0.3, 0.4) is 0 Å². The Bertz CT molecular complexity index is 1130. The normalized spacial score (nSPS) is 18.1. The average Bonchev–Trinajstić information content (AvgIpc) is 2.84. The Morgan fingerprint density at radius 2 is 1.82 bits per heavy atom. The molecule has 1 fully saturated rings. The van der Waals surface area contributed by atoms with E-state index in [0.717, 1.165) is 29.7 Å². The topological polar surface area (TPSA) is 62.3 Å². The molecule has 1 unspecified atom stereocenters. The SMILES string of the molecule is CNC(=O)C1(Cc2cccc(-c3cccc(C)c3)c2)CCCN(C(=O)Cc2ccccn2)C1. The molecule has 33 heavy (non-hydrogen) atoms. The van der Waals surface area contributed by atoms with Gasteiger partial charge in [-0.3, -0.25) is 14.6 Å². The van der Waals surface area contributed by atoms with Gasteiger partial charge >= 0.3 is 0 Å². The van der Waals surface area contributed by atoms with E-state index in [-0.39, 0.29) is 18.2 Å². The molecular formula is C28H31N3O2. The number of piperidine rings is 1. The van der Waals surface area contributed by atoms with Gasteiger partial charge < -0.3 is 10.2 Å². The van der Waals surface area contributed by atoms with Crippen molar-refractivity contribution >= 4 is 11.8 Å². The van der Waals surface area contributed by atoms with E-state index in [0.29, 0.717) is 19.5 Å². The lowest BCUT2D eigenvalue weighted by molar-refractivity contribution is -0.141. The molecular weight excluding hydrogens is 410 g/mol. The number of carbonyl (C=O) groups excluding carboxylic acids is 2. The molecule has 2 aromatic carbocycles. The number of hydrogen-bond donors (Lipinski definition) is 1. The summed E-state index contributed by atoms with van der Waals surface area (Å²) in [5.74, 6) is 0.0222. The minimum Gasteiger partial charge on any atom is -0.359 e. The summed E-state index contributed by atoms with van der Waals surface area (Å²) in [7, 11) is 1.68. The van der Waals surface area contributed by atoms with E-state index in [4.69, 9.17) is 0 Å². The van der Waals surface area contributed by atoms with Gasteiger partial charge in [0.05, 0.1) is 11.8 Å². The summed E-state index contributed by atoms with van der Waals surface area (Å²) in [6.45, 7) is 3.19. The first-order chi connectivity index (χ1) is 16.0. The standard InChI is InChI=1S/C28H31N3O2/c1-21-8-5-10-23(16-21)24-11-6-9-22(17-24)19-28(27(33)29-2)13-7-15-31(20-28)26(32)18-25-12-3-4-14-30-25/h3-6,8-12,14,16-17H,7,13,15,18-20H2,1-2H3,(H,29,33). The van der Waals surface area contributed by atoms with Crippen LogP contribution < -0.4 is 5.32 Å². The van der Waals surface area contributed by atoms with E-state index in [1.807, 2.05) is 23.1 Å². The highest BCUT2D eigenvalue weighted by Gasteiger charge is 2.43. The van der Waals surface area contributed by atoms with Crippen LogP contribution in [0, 0.1) is 12.3 Å². The van der Waals surface area contributed by atoms with Gasteiger partial charge in [-0.05, 0) is 55.0 Å². The lowest BCUT2D eigenvalue weighted by atomic mass is 9.74. The number of hydrogen-bond acceptors (Lipinski definition) is 3. The number of nitrogens with zero attached hydrogens (tertiary/aromatic N) is 2. The van der Waals surface area contributed by atoms with E-state index in [1.165, 1.54) is 11.1 Å². The number of aryl methyl sites for hydroxylation is 1. The summed E-state index contributed by atoms with van der Waals surface area (Å²) in [6, 6.07) is 22.5. The zero-order valence-corrected chi connectivity index (χ0v) is 19.4. The molecule has 0 spiro atoms. The van der Waals surface area contributed by atoms with Crippen LogP contribution in [0.4, 0.5) is 0 Å². The molecule has 1 saturated heterocycles. The van der Waals surface area contributed by atoms with Crippen molar-refractivity contribution in [2.24, 2.45) is 5.41 Å². The molecule has 5 nitrogen and oxygen atoms in total. The third-order valence-corrected chi connectivity index (χ3v) is 6.52. The van der Waals surface area contributed by atoms with Crippen LogP contribution in [0.2, 0.25) is 0 Å². The summed E-state index contributed by atoms with van der Waals surface area (Å²) in [6.07, 6.45) is 4.12. The second-order valence-electron chi connectivity index (χ2n) is 9.02. The Morgan fingerprint density at radius 3 is 2.55 bits per heavy atom. The van der Waals surface area contributed by atoms with Crippen LogP contribution >= 0.6 is 0 Å². The largest absolute Gasteiger partial charge is 0.359 e. The van der Waals surface area contributed by atoms with E-state index >= 15 is 0 Å². The van der Waals surface area contributed by atoms with Gasteiger partial charge in [-0.1, -0.05) is 60.2 Å². The number of benzene rings is 2. The number of aromatic nitrogens is 1. The van der Waals surface area contributed by atoms with Crippen molar-refractivity contribution in [3.05, 3.63) is 89.7 Å². The van der Waals surface area contributed by atoms with Crippen molar-refractivity contribution in [2.75, 3.05) is 20.1 Å². The summed E-state index contributed by atoms with van der Waals surface area (Å²) in [5, 5.41) is 2.87. The fourth-order valence-electron chi connectivity index (χ4n) is 4.87. The van der Waals surface area contributed by atoms with Crippen LogP contribution in [-0.4, -0.2) is 41.8 Å². The highest BCUT2D eigenvalue weighted by molar-refractivity contribution is 5.85. The number of nitrogens with one attached hydrogen (secondary N) is 1. The first-order valence-corrected chi connectivity index (χ1v) is 11.5. The first kappa shape index (κ1) is 22.7. The van der Waals surface area contributed by atoms with Gasteiger partial charge in [-0.25, -0.2) is 0 Å². The fourth-order valence-corrected chi connectivity index (χ4v) is 4.87. The number of rotatable bonds is 6. The van der Waals surface area contributed by atoms with Crippen molar-refractivity contribution in [1.29, 1.82) is 0 Å². The van der Waals surface area contributed by atoms with E-state index in [9.17, 15) is 9.59 Å². The molecule has 0 aliphatic carbocycles. The van der Waals surface area contributed by atoms with Crippen molar-refractivity contribution < 1.29 is 9.59 Å². The molecule has 170 valence electrons. The Morgan fingerprint density at radius 1 is 1.03 bits per heavy atom. The third-order valence-electron chi connectivity index (χ3n) is 6.52. The zero-order chi connectivity index (χ0) is 23.3. The minimum atomic E-state index is -0.641. The molecule has 0 bridgehead atoms. The van der Waals surface area contributed by atoms with Gasteiger partial charge in [0.15, 0.2) is 0 Å². The molecule has 3 aromatic rings. The molecule has 1 aliphatic rings. The molecule has 1 aliphatic heterocycles. The number of carbonyl (C=O) groups is 2. The molecule has 4 rings (SSSR count). The van der Waals surface area contributed by atoms with Gasteiger partial charge in [0.2, 0.25) is 11.8 Å². The maximum atomic E-state index is 13.2. The molecule has 1 N–H and O–H groups in total. The quantitative estimate of drug-likeness (QED) is 0.624. The number of amides is 2. The molecule has 1 atom stereocenters. The van der Waals surface area contributed by atoms with E-state index in [2.05, 4.69) is 65.8 Å². The lowest BCUT2D eigenvalue weighted by Crippen LogP contribution is -2.54. The van der Waals surface area contributed by atoms with Gasteiger partial charge in [0.25, 0.3) is 0 Å². The van der Waals surface area contributed by atoms with Crippen LogP contribution in [0.25, 0.3) is 11.1 Å². The molecule has 0 saturated carbocycles. The molecule has 5 heteroatoms. The maximum absolute atomic E-state index is 13.2. The van der Waals surface area contributed by atoms with Crippen molar-refractivity contribution in [2.45, 2.75) is 32.6 Å². The fraction of sp³-hybridized carbons (Fsp3) is 0.321. The van der Waals surface area contributed by atoms with Crippen LogP contribution in [0.1, 0.15) is 29.7 Å². The summed E-state index contributed by atoms with van der Waals surface area (Å²) in [4.78, 5) is 32.3. The zero-order valence-electron chi connectivity index (χ0n) is 19.4. The minimum absolute atomic E-state index is 0.00112. The molecule has 1 aromatic heterocycles. The molecule has 0 radical (unpaired) electrons. The summed E-state index contributed by atoms with van der Waals surface area (Å²) < 4.78 is 0. The first-order valence-electron chi connectivity index (χ1n) is 11.5. The maximum Gasteiger partial charge on any atom is 0.228 e. The summed E-state index contributed by atoms with van der Waals surface area (Å²) >= 11 is 0. The smallest absolute Gasteiger partial charge is 0.228 e. The van der Waals surface area contributed by atoms with Crippen LogP contribution in [-0.2, 0) is 22.4 Å². The second-order valence-corrected chi connectivity index (χ2v) is 9.02. The Balaban J connectivity index is 1.57. The lowest BCUT2D eigenvalue weighted by Gasteiger charge is -2.41. The van der Waals surface area contributed by atoms with Gasteiger partial charge in [-0.15, -0.1) is 0 Å². The second kappa shape index (κ2) is 9.99. The Labute approximate surface area is 195 Å². The Kier molecular flexibility index (Phi) is 6.87. The third kappa shape index (κ3) is 5.30. The van der Waals surface area contributed by atoms with Crippen molar-refractivity contribution in [3.63, 3.8) is 0 Å². The molecule has 2 heterocycles. The van der Waals surface area contributed by atoms with Crippen molar-refractivity contribution in [1.82, 2.24) is 15.2 Å². The van der Waals surface area contributed by atoms with Gasteiger partial charge in [0, 0.05) is 32.0 Å². The highest BCUT2D eigenvalue weighted by Crippen LogP contribution is 2.35. The molecule has 2 amide bonds. The predicted molar refractivity (Wildman–Crippen MR) is 131 cm³/mol. The number of pyridine rings is 1. The van der Waals surface area contributed by atoms with Crippen LogP contribution in [0.5, 0.6) is 0 Å². The number of likely N-dealkylation sites (tertiary alicyclic amines) is 1. The highest BCUT2D eigenvalue weighted by atomic mass is 16.2. The van der Waals surface area contributed by atoms with E-state index < -0.39 is 5.41 Å². The van der Waals surface area contributed by atoms with Crippen molar-refractivity contribution in [3.8, 4) is 11.1 Å². The van der Waals surface area contributed by atoms with Gasteiger partial charge in [0.1, 0.15) is 0 Å². The Hall–Kier alpha value is -3.47. The average molecular weight is 442 g/mol. The van der Waals surface area contributed by atoms with Crippen LogP contribution in [0.15, 0.2) is 72.9 Å². The summed E-state index contributed by atoms with van der Waals surface area (Å²) in [5.41, 5.74) is 4.75. The monoisotopic (exact) mass is 441 g/mol.